The van der Waals surface area contributed by atoms with E-state index in [0.29, 0.717) is 6.54 Å². The van der Waals surface area contributed by atoms with Crippen molar-refractivity contribution in [3.05, 3.63) is 76.1 Å². The Kier molecular flexibility index (Phi) is 6.30. The SMILES string of the molecule is CN(C)c1cc(CNC(=O)c2ccccc2SCc2cccs2)ccn1. The van der Waals surface area contributed by atoms with Crippen LogP contribution in [0, 0.1) is 0 Å². The van der Waals surface area contributed by atoms with Gasteiger partial charge in [0.15, 0.2) is 0 Å². The Hall–Kier alpha value is -2.31. The zero-order valence-electron chi connectivity index (χ0n) is 14.8. The molecule has 4 nitrogen and oxygen atoms in total. The first-order valence-corrected chi connectivity index (χ1v) is 10.1. The Bertz CT molecular complexity index is 863. The lowest BCUT2D eigenvalue weighted by molar-refractivity contribution is 0.0948. The Balaban J connectivity index is 1.65. The van der Waals surface area contributed by atoms with Crippen LogP contribution in [-0.4, -0.2) is 25.0 Å². The summed E-state index contributed by atoms with van der Waals surface area (Å²) in [5.74, 6) is 1.70. The van der Waals surface area contributed by atoms with E-state index >= 15 is 0 Å². The van der Waals surface area contributed by atoms with Gasteiger partial charge in [0.25, 0.3) is 5.91 Å². The maximum Gasteiger partial charge on any atom is 0.252 e. The van der Waals surface area contributed by atoms with Crippen molar-refractivity contribution in [2.24, 2.45) is 0 Å². The smallest absolute Gasteiger partial charge is 0.252 e. The van der Waals surface area contributed by atoms with Crippen LogP contribution >= 0.6 is 23.1 Å². The van der Waals surface area contributed by atoms with Crippen molar-refractivity contribution >= 4 is 34.8 Å². The molecule has 134 valence electrons. The van der Waals surface area contributed by atoms with Crippen molar-refractivity contribution in [1.29, 1.82) is 0 Å². The second kappa shape index (κ2) is 8.87. The summed E-state index contributed by atoms with van der Waals surface area (Å²) in [7, 11) is 3.90. The van der Waals surface area contributed by atoms with Crippen LogP contribution in [0.15, 0.2) is 65.0 Å². The average Bonchev–Trinajstić information content (AvgIpc) is 3.18. The number of pyridine rings is 1. The third-order valence-electron chi connectivity index (χ3n) is 3.80. The van der Waals surface area contributed by atoms with Gasteiger partial charge in [0.1, 0.15) is 5.82 Å². The molecule has 0 aliphatic rings. The van der Waals surface area contributed by atoms with Crippen LogP contribution in [0.1, 0.15) is 20.8 Å². The zero-order chi connectivity index (χ0) is 18.4. The fourth-order valence-corrected chi connectivity index (χ4v) is 4.24. The molecule has 0 aliphatic carbocycles. The monoisotopic (exact) mass is 383 g/mol. The first kappa shape index (κ1) is 18.5. The quantitative estimate of drug-likeness (QED) is 0.613. The molecule has 0 unspecified atom stereocenters. The summed E-state index contributed by atoms with van der Waals surface area (Å²) in [6, 6.07) is 15.8. The molecule has 1 N–H and O–H groups in total. The van der Waals surface area contributed by atoms with Gasteiger partial charge in [-0.15, -0.1) is 23.1 Å². The maximum atomic E-state index is 12.7. The van der Waals surface area contributed by atoms with Crippen LogP contribution in [-0.2, 0) is 12.3 Å². The molecular formula is C20H21N3OS2. The second-order valence-corrected chi connectivity index (χ2v) is 8.01. The number of amides is 1. The minimum absolute atomic E-state index is 0.0532. The molecule has 0 spiro atoms. The molecule has 0 saturated heterocycles. The third-order valence-corrected chi connectivity index (χ3v) is 5.98. The summed E-state index contributed by atoms with van der Waals surface area (Å²) < 4.78 is 0. The summed E-state index contributed by atoms with van der Waals surface area (Å²) in [4.78, 5) is 21.2. The van der Waals surface area contributed by atoms with Gasteiger partial charge in [0.2, 0.25) is 0 Å². The fraction of sp³-hybridized carbons (Fsp3) is 0.200. The van der Waals surface area contributed by atoms with E-state index < -0.39 is 0 Å². The van der Waals surface area contributed by atoms with Crippen molar-refractivity contribution < 1.29 is 4.79 Å². The average molecular weight is 384 g/mol. The Morgan fingerprint density at radius 3 is 2.81 bits per heavy atom. The molecular weight excluding hydrogens is 362 g/mol. The molecule has 0 radical (unpaired) electrons. The van der Waals surface area contributed by atoms with Gasteiger partial charge >= 0.3 is 0 Å². The minimum atomic E-state index is -0.0532. The predicted octanol–water partition coefficient (Wildman–Crippen LogP) is 4.43. The predicted molar refractivity (Wildman–Crippen MR) is 110 cm³/mol. The lowest BCUT2D eigenvalue weighted by Gasteiger charge is -2.13. The van der Waals surface area contributed by atoms with Crippen LogP contribution in [0.3, 0.4) is 0 Å². The molecule has 0 atom stereocenters. The molecule has 3 rings (SSSR count). The first-order chi connectivity index (χ1) is 12.6. The molecule has 1 amide bonds. The lowest BCUT2D eigenvalue weighted by atomic mass is 10.2. The molecule has 0 fully saturated rings. The number of hydrogen-bond donors (Lipinski definition) is 1. The molecule has 2 heterocycles. The highest BCUT2D eigenvalue weighted by Crippen LogP contribution is 2.28. The summed E-state index contributed by atoms with van der Waals surface area (Å²) in [5, 5.41) is 5.09. The normalized spacial score (nSPS) is 10.5. The van der Waals surface area contributed by atoms with Crippen LogP contribution in [0.2, 0.25) is 0 Å². The number of nitrogens with one attached hydrogen (secondary N) is 1. The topological polar surface area (TPSA) is 45.2 Å². The Morgan fingerprint density at radius 2 is 2.04 bits per heavy atom. The Morgan fingerprint density at radius 1 is 1.19 bits per heavy atom. The number of benzene rings is 1. The number of nitrogens with zero attached hydrogens (tertiary/aromatic N) is 2. The van der Waals surface area contributed by atoms with E-state index in [0.717, 1.165) is 27.6 Å². The van der Waals surface area contributed by atoms with Gasteiger partial charge in [-0.1, -0.05) is 18.2 Å². The van der Waals surface area contributed by atoms with Crippen molar-refractivity contribution in [1.82, 2.24) is 10.3 Å². The standard InChI is InChI=1S/C20H21N3OS2/c1-23(2)19-12-15(9-10-21-19)13-22-20(24)17-7-3-4-8-18(17)26-14-16-6-5-11-25-16/h3-12H,13-14H2,1-2H3,(H,22,24). The highest BCUT2D eigenvalue weighted by molar-refractivity contribution is 7.98. The number of hydrogen-bond acceptors (Lipinski definition) is 5. The van der Waals surface area contributed by atoms with Crippen LogP contribution in [0.25, 0.3) is 0 Å². The summed E-state index contributed by atoms with van der Waals surface area (Å²) in [5.41, 5.74) is 1.75. The number of thiophene rings is 1. The van der Waals surface area contributed by atoms with E-state index in [-0.39, 0.29) is 5.91 Å². The van der Waals surface area contributed by atoms with Crippen LogP contribution in [0.4, 0.5) is 5.82 Å². The number of anilines is 1. The lowest BCUT2D eigenvalue weighted by Crippen LogP contribution is -2.23. The molecule has 6 heteroatoms. The zero-order valence-corrected chi connectivity index (χ0v) is 16.4. The molecule has 0 bridgehead atoms. The van der Waals surface area contributed by atoms with Gasteiger partial charge in [0.05, 0.1) is 5.56 Å². The molecule has 3 aromatic rings. The summed E-state index contributed by atoms with van der Waals surface area (Å²) in [6.07, 6.45) is 1.77. The second-order valence-electron chi connectivity index (χ2n) is 5.96. The van der Waals surface area contributed by atoms with Crippen LogP contribution in [0.5, 0.6) is 0 Å². The number of carbonyl (C=O) groups is 1. The van der Waals surface area contributed by atoms with Crippen molar-refractivity contribution in [2.75, 3.05) is 19.0 Å². The molecule has 2 aromatic heterocycles. The van der Waals surface area contributed by atoms with E-state index in [1.54, 1.807) is 29.3 Å². The van der Waals surface area contributed by atoms with E-state index in [4.69, 9.17) is 0 Å². The van der Waals surface area contributed by atoms with Crippen molar-refractivity contribution in [2.45, 2.75) is 17.2 Å². The molecule has 0 saturated carbocycles. The van der Waals surface area contributed by atoms with E-state index in [9.17, 15) is 4.79 Å². The fourth-order valence-electron chi connectivity index (χ4n) is 2.42. The van der Waals surface area contributed by atoms with Crippen molar-refractivity contribution in [3.8, 4) is 0 Å². The highest BCUT2D eigenvalue weighted by Gasteiger charge is 2.12. The Labute approximate surface area is 162 Å². The first-order valence-electron chi connectivity index (χ1n) is 8.28. The van der Waals surface area contributed by atoms with Gasteiger partial charge in [0, 0.05) is 42.4 Å². The van der Waals surface area contributed by atoms with Crippen molar-refractivity contribution in [3.63, 3.8) is 0 Å². The highest BCUT2D eigenvalue weighted by atomic mass is 32.2. The van der Waals surface area contributed by atoms with Gasteiger partial charge in [-0.3, -0.25) is 4.79 Å². The summed E-state index contributed by atoms with van der Waals surface area (Å²) in [6.45, 7) is 0.478. The number of rotatable bonds is 7. The van der Waals surface area contributed by atoms with E-state index in [2.05, 4.69) is 27.8 Å². The number of thioether (sulfide) groups is 1. The number of aromatic nitrogens is 1. The number of carbonyl (C=O) groups excluding carboxylic acids is 1. The van der Waals surface area contributed by atoms with Gasteiger partial charge < -0.3 is 10.2 Å². The van der Waals surface area contributed by atoms with Gasteiger partial charge in [-0.05, 0) is 41.3 Å². The molecule has 0 aliphatic heterocycles. The summed E-state index contributed by atoms with van der Waals surface area (Å²) >= 11 is 3.43. The third kappa shape index (κ3) is 4.86. The maximum absolute atomic E-state index is 12.7. The van der Waals surface area contributed by atoms with Gasteiger partial charge in [-0.2, -0.15) is 0 Å². The minimum Gasteiger partial charge on any atom is -0.363 e. The molecule has 26 heavy (non-hydrogen) atoms. The van der Waals surface area contributed by atoms with E-state index in [1.807, 2.05) is 55.4 Å². The van der Waals surface area contributed by atoms with E-state index in [1.165, 1.54) is 4.88 Å². The van der Waals surface area contributed by atoms with Crippen LogP contribution < -0.4 is 10.2 Å². The largest absolute Gasteiger partial charge is 0.363 e. The van der Waals surface area contributed by atoms with Gasteiger partial charge in [-0.25, -0.2) is 4.98 Å². The molecule has 1 aromatic carbocycles.